The van der Waals surface area contributed by atoms with Crippen LogP contribution in [0.3, 0.4) is 0 Å². The number of nitrogens with one attached hydrogen (secondary N) is 1. The summed E-state index contributed by atoms with van der Waals surface area (Å²) in [5, 5.41) is 20.7. The highest BCUT2D eigenvalue weighted by Crippen LogP contribution is 2.12. The number of hydrogen-bond donors (Lipinski definition) is 3. The van der Waals surface area contributed by atoms with Crippen LogP contribution >= 0.6 is 0 Å². The summed E-state index contributed by atoms with van der Waals surface area (Å²) in [7, 11) is 0. The van der Waals surface area contributed by atoms with E-state index in [1.807, 2.05) is 6.92 Å². The zero-order valence-corrected chi connectivity index (χ0v) is 9.94. The van der Waals surface area contributed by atoms with E-state index in [0.717, 1.165) is 18.5 Å². The quantitative estimate of drug-likeness (QED) is 0.627. The lowest BCUT2D eigenvalue weighted by atomic mass is 10.1. The third-order valence-electron chi connectivity index (χ3n) is 2.27. The number of nitrogens with zero attached hydrogens (tertiary/aromatic N) is 1. The Labute approximate surface area is 101 Å². The van der Waals surface area contributed by atoms with Gasteiger partial charge in [-0.25, -0.2) is 9.78 Å². The molecule has 3 N–H and O–H groups in total. The molecule has 0 aliphatic heterocycles. The molecule has 0 aliphatic rings. The number of aromatic carboxylic acids is 1. The molecule has 0 aliphatic carbocycles. The molecule has 1 rings (SSSR count). The van der Waals surface area contributed by atoms with Gasteiger partial charge in [-0.05, 0) is 25.0 Å². The van der Waals surface area contributed by atoms with E-state index >= 15 is 0 Å². The van der Waals surface area contributed by atoms with E-state index in [1.165, 1.54) is 6.07 Å². The molecule has 1 heterocycles. The first-order valence-corrected chi connectivity index (χ1v) is 5.76. The maximum absolute atomic E-state index is 10.9. The number of aromatic nitrogens is 1. The van der Waals surface area contributed by atoms with Gasteiger partial charge in [-0.15, -0.1) is 0 Å². The van der Waals surface area contributed by atoms with E-state index in [2.05, 4.69) is 10.3 Å². The lowest BCUT2D eigenvalue weighted by Gasteiger charge is -2.08. The third kappa shape index (κ3) is 4.40. The second kappa shape index (κ2) is 6.85. The molecule has 0 radical (unpaired) electrons. The van der Waals surface area contributed by atoms with Gasteiger partial charge in [-0.2, -0.15) is 0 Å². The van der Waals surface area contributed by atoms with Crippen molar-refractivity contribution in [1.82, 2.24) is 4.98 Å². The molecule has 0 spiro atoms. The van der Waals surface area contributed by atoms with Crippen molar-refractivity contribution in [2.24, 2.45) is 0 Å². The molecule has 0 amide bonds. The van der Waals surface area contributed by atoms with E-state index in [0.29, 0.717) is 18.8 Å². The molecular weight excluding hydrogens is 220 g/mol. The molecule has 0 saturated carbocycles. The van der Waals surface area contributed by atoms with Crippen LogP contribution in [0, 0.1) is 0 Å². The molecule has 17 heavy (non-hydrogen) atoms. The van der Waals surface area contributed by atoms with Crippen LogP contribution in [0.1, 0.15) is 35.8 Å². The van der Waals surface area contributed by atoms with Crippen molar-refractivity contribution in [2.45, 2.75) is 26.2 Å². The molecule has 0 fully saturated rings. The first kappa shape index (κ1) is 13.4. The second-order valence-corrected chi connectivity index (χ2v) is 3.79. The van der Waals surface area contributed by atoms with Crippen molar-refractivity contribution in [1.29, 1.82) is 0 Å². The number of aliphatic hydroxyl groups is 1. The van der Waals surface area contributed by atoms with Crippen molar-refractivity contribution in [3.8, 4) is 0 Å². The maximum atomic E-state index is 10.9. The predicted octanol–water partition coefficient (Wildman–Crippen LogP) is 1.53. The van der Waals surface area contributed by atoms with Crippen LogP contribution in [-0.4, -0.2) is 34.3 Å². The zero-order valence-electron chi connectivity index (χ0n) is 9.94. The highest BCUT2D eigenvalue weighted by atomic mass is 16.4. The normalized spacial score (nSPS) is 10.2. The standard InChI is InChI=1S/C12H18N2O3/c1-2-4-10-7-9(12(16)17)8-11(14-10)13-5-3-6-15/h7-8,15H,2-6H2,1H3,(H,13,14)(H,16,17). The van der Waals surface area contributed by atoms with Crippen LogP contribution in [0.25, 0.3) is 0 Å². The van der Waals surface area contributed by atoms with Gasteiger partial charge in [0.2, 0.25) is 0 Å². The number of aryl methyl sites for hydroxylation is 1. The van der Waals surface area contributed by atoms with Crippen molar-refractivity contribution >= 4 is 11.8 Å². The maximum Gasteiger partial charge on any atom is 0.335 e. The molecule has 0 aromatic carbocycles. The lowest BCUT2D eigenvalue weighted by molar-refractivity contribution is 0.0696. The Balaban J connectivity index is 2.83. The monoisotopic (exact) mass is 238 g/mol. The van der Waals surface area contributed by atoms with Crippen LogP contribution in [0.15, 0.2) is 12.1 Å². The summed E-state index contributed by atoms with van der Waals surface area (Å²) < 4.78 is 0. The molecule has 94 valence electrons. The van der Waals surface area contributed by atoms with Crippen LogP contribution in [0.2, 0.25) is 0 Å². The minimum absolute atomic E-state index is 0.105. The minimum atomic E-state index is -0.949. The molecule has 5 nitrogen and oxygen atoms in total. The van der Waals surface area contributed by atoms with Gasteiger partial charge in [-0.1, -0.05) is 13.3 Å². The number of carbonyl (C=O) groups is 1. The molecule has 1 aromatic rings. The fourth-order valence-electron chi connectivity index (χ4n) is 1.48. The molecule has 0 bridgehead atoms. The van der Waals surface area contributed by atoms with Crippen LogP contribution < -0.4 is 5.32 Å². The van der Waals surface area contributed by atoms with Gasteiger partial charge in [0, 0.05) is 18.8 Å². The van der Waals surface area contributed by atoms with Gasteiger partial charge < -0.3 is 15.5 Å². The Hall–Kier alpha value is -1.62. The van der Waals surface area contributed by atoms with Crippen molar-refractivity contribution in [2.75, 3.05) is 18.5 Å². The topological polar surface area (TPSA) is 82.5 Å². The van der Waals surface area contributed by atoms with Crippen LogP contribution in [0.4, 0.5) is 5.82 Å². The van der Waals surface area contributed by atoms with E-state index in [1.54, 1.807) is 6.07 Å². The number of pyridine rings is 1. The summed E-state index contributed by atoms with van der Waals surface area (Å²) in [5.41, 5.74) is 1.02. The van der Waals surface area contributed by atoms with Crippen LogP contribution in [-0.2, 0) is 6.42 Å². The summed E-state index contributed by atoms with van der Waals surface area (Å²) >= 11 is 0. The summed E-state index contributed by atoms with van der Waals surface area (Å²) in [5.74, 6) is -0.392. The van der Waals surface area contributed by atoms with E-state index < -0.39 is 5.97 Å². The third-order valence-corrected chi connectivity index (χ3v) is 2.27. The van der Waals surface area contributed by atoms with Crippen LogP contribution in [0.5, 0.6) is 0 Å². The summed E-state index contributed by atoms with van der Waals surface area (Å²) in [6.45, 7) is 2.71. The number of carboxylic acid groups (broad SMARTS) is 1. The zero-order chi connectivity index (χ0) is 12.7. The van der Waals surface area contributed by atoms with E-state index in [4.69, 9.17) is 10.2 Å². The number of rotatable bonds is 7. The Morgan fingerprint density at radius 1 is 1.47 bits per heavy atom. The predicted molar refractivity (Wildman–Crippen MR) is 65.4 cm³/mol. The number of aliphatic hydroxyl groups excluding tert-OH is 1. The lowest BCUT2D eigenvalue weighted by Crippen LogP contribution is -2.08. The molecule has 1 aromatic heterocycles. The minimum Gasteiger partial charge on any atom is -0.478 e. The van der Waals surface area contributed by atoms with Gasteiger partial charge in [0.15, 0.2) is 0 Å². The molecule has 0 atom stereocenters. The Morgan fingerprint density at radius 2 is 2.24 bits per heavy atom. The molecule has 0 unspecified atom stereocenters. The highest BCUT2D eigenvalue weighted by molar-refractivity contribution is 5.88. The van der Waals surface area contributed by atoms with Gasteiger partial charge in [-0.3, -0.25) is 0 Å². The van der Waals surface area contributed by atoms with Gasteiger partial charge in [0.1, 0.15) is 5.82 Å². The summed E-state index contributed by atoms with van der Waals surface area (Å²) in [6.07, 6.45) is 2.30. The number of hydrogen-bond acceptors (Lipinski definition) is 4. The fraction of sp³-hybridized carbons (Fsp3) is 0.500. The Bertz CT molecular complexity index is 380. The first-order valence-electron chi connectivity index (χ1n) is 5.76. The smallest absolute Gasteiger partial charge is 0.335 e. The fourth-order valence-corrected chi connectivity index (χ4v) is 1.48. The van der Waals surface area contributed by atoms with Gasteiger partial charge in [0.05, 0.1) is 5.56 Å². The van der Waals surface area contributed by atoms with Gasteiger partial charge >= 0.3 is 5.97 Å². The molecule has 0 saturated heterocycles. The molecular formula is C12H18N2O3. The van der Waals surface area contributed by atoms with E-state index in [-0.39, 0.29) is 12.2 Å². The van der Waals surface area contributed by atoms with Crippen molar-refractivity contribution in [3.63, 3.8) is 0 Å². The van der Waals surface area contributed by atoms with E-state index in [9.17, 15) is 4.79 Å². The second-order valence-electron chi connectivity index (χ2n) is 3.79. The number of carboxylic acids is 1. The Kier molecular flexibility index (Phi) is 5.42. The summed E-state index contributed by atoms with van der Waals surface area (Å²) in [4.78, 5) is 15.3. The largest absolute Gasteiger partial charge is 0.478 e. The highest BCUT2D eigenvalue weighted by Gasteiger charge is 2.07. The Morgan fingerprint density at radius 3 is 2.82 bits per heavy atom. The van der Waals surface area contributed by atoms with Crippen molar-refractivity contribution < 1.29 is 15.0 Å². The van der Waals surface area contributed by atoms with Crippen molar-refractivity contribution in [3.05, 3.63) is 23.4 Å². The first-order chi connectivity index (χ1) is 8.17. The summed E-state index contributed by atoms with van der Waals surface area (Å²) in [6, 6.07) is 3.11. The average molecular weight is 238 g/mol. The SMILES string of the molecule is CCCc1cc(C(=O)O)cc(NCCCO)n1. The van der Waals surface area contributed by atoms with Gasteiger partial charge in [0.25, 0.3) is 0 Å². The number of anilines is 1. The molecule has 5 heteroatoms. The average Bonchev–Trinajstić information content (AvgIpc) is 2.29.